The van der Waals surface area contributed by atoms with Gasteiger partial charge in [0.25, 0.3) is 0 Å². The number of rotatable bonds is 4. The Bertz CT molecular complexity index is 441. The van der Waals surface area contributed by atoms with E-state index in [1.165, 1.54) is 6.42 Å². The lowest BCUT2D eigenvalue weighted by molar-refractivity contribution is -0.127. The number of benzene rings is 1. The Kier molecular flexibility index (Phi) is 3.74. The first-order valence-corrected chi connectivity index (χ1v) is 6.24. The summed E-state index contributed by atoms with van der Waals surface area (Å²) in [4.78, 5) is 12.0. The Morgan fingerprint density at radius 3 is 2.82 bits per heavy atom. The van der Waals surface area contributed by atoms with Crippen LogP contribution in [0.15, 0.2) is 24.3 Å². The highest BCUT2D eigenvalue weighted by Gasteiger charge is 2.24. The van der Waals surface area contributed by atoms with Gasteiger partial charge in [0.05, 0.1) is 0 Å². The molecule has 0 radical (unpaired) electrons. The second kappa shape index (κ2) is 5.27. The molecule has 17 heavy (non-hydrogen) atoms. The van der Waals surface area contributed by atoms with E-state index >= 15 is 0 Å². The van der Waals surface area contributed by atoms with Crippen molar-refractivity contribution in [3.05, 3.63) is 35.4 Å². The lowest BCUT2D eigenvalue weighted by Crippen LogP contribution is -2.34. The summed E-state index contributed by atoms with van der Waals surface area (Å²) in [5, 5.41) is 2.94. The van der Waals surface area contributed by atoms with Crippen molar-refractivity contribution < 1.29 is 4.79 Å². The second-order valence-electron chi connectivity index (χ2n) is 4.41. The van der Waals surface area contributed by atoms with E-state index in [0.29, 0.717) is 11.5 Å². The summed E-state index contributed by atoms with van der Waals surface area (Å²) in [6.45, 7) is 0.547. The largest absolute Gasteiger partial charge is 0.389 e. The van der Waals surface area contributed by atoms with Crippen LogP contribution in [0, 0.1) is 5.92 Å². The SMILES string of the molecule is NC(=S)c1cccc(CNC(=O)C2CCC2)c1. The average molecular weight is 248 g/mol. The maximum Gasteiger partial charge on any atom is 0.223 e. The molecule has 0 aliphatic heterocycles. The van der Waals surface area contributed by atoms with Crippen molar-refractivity contribution in [2.45, 2.75) is 25.8 Å². The molecule has 90 valence electrons. The van der Waals surface area contributed by atoms with E-state index in [-0.39, 0.29) is 11.8 Å². The van der Waals surface area contributed by atoms with E-state index in [2.05, 4.69) is 5.32 Å². The van der Waals surface area contributed by atoms with Crippen LogP contribution in [0.4, 0.5) is 0 Å². The normalized spacial score (nSPS) is 15.1. The third-order valence-corrected chi connectivity index (χ3v) is 3.39. The highest BCUT2D eigenvalue weighted by atomic mass is 32.1. The van der Waals surface area contributed by atoms with Crippen molar-refractivity contribution in [1.29, 1.82) is 0 Å². The molecule has 3 N–H and O–H groups in total. The molecule has 1 aromatic rings. The Labute approximate surface area is 106 Å². The maximum absolute atomic E-state index is 11.7. The van der Waals surface area contributed by atoms with Crippen LogP contribution >= 0.6 is 12.2 Å². The van der Waals surface area contributed by atoms with Gasteiger partial charge in [-0.1, -0.05) is 36.8 Å². The molecule has 0 atom stereocenters. The van der Waals surface area contributed by atoms with E-state index in [0.717, 1.165) is 24.0 Å². The van der Waals surface area contributed by atoms with E-state index < -0.39 is 0 Å². The molecule has 1 aliphatic carbocycles. The fraction of sp³-hybridized carbons (Fsp3) is 0.385. The minimum absolute atomic E-state index is 0.164. The summed E-state index contributed by atoms with van der Waals surface area (Å²) in [6.07, 6.45) is 3.23. The number of thiocarbonyl (C=S) groups is 1. The topological polar surface area (TPSA) is 55.1 Å². The predicted molar refractivity (Wildman–Crippen MR) is 71.5 cm³/mol. The molecule has 0 heterocycles. The van der Waals surface area contributed by atoms with Gasteiger partial charge in [-0.3, -0.25) is 4.79 Å². The molecule has 1 amide bonds. The van der Waals surface area contributed by atoms with E-state index in [1.54, 1.807) is 0 Å². The van der Waals surface area contributed by atoms with Crippen LogP contribution in [0.1, 0.15) is 30.4 Å². The van der Waals surface area contributed by atoms with Crippen LogP contribution in [0.3, 0.4) is 0 Å². The zero-order chi connectivity index (χ0) is 12.3. The molecular formula is C13H16N2OS. The number of hydrogen-bond acceptors (Lipinski definition) is 2. The Balaban J connectivity index is 1.91. The third kappa shape index (κ3) is 3.03. The van der Waals surface area contributed by atoms with Crippen molar-refractivity contribution in [3.63, 3.8) is 0 Å². The number of amides is 1. The highest BCUT2D eigenvalue weighted by Crippen LogP contribution is 2.26. The van der Waals surface area contributed by atoms with Gasteiger partial charge in [-0.25, -0.2) is 0 Å². The molecule has 0 saturated heterocycles. The lowest BCUT2D eigenvalue weighted by Gasteiger charge is -2.24. The third-order valence-electron chi connectivity index (χ3n) is 3.15. The molecule has 1 fully saturated rings. The minimum atomic E-state index is 0.164. The van der Waals surface area contributed by atoms with Gasteiger partial charge >= 0.3 is 0 Å². The average Bonchev–Trinajstić information content (AvgIpc) is 2.24. The Morgan fingerprint density at radius 1 is 1.47 bits per heavy atom. The van der Waals surface area contributed by atoms with Crippen molar-refractivity contribution in [2.75, 3.05) is 0 Å². The Hall–Kier alpha value is -1.42. The van der Waals surface area contributed by atoms with Crippen molar-refractivity contribution in [1.82, 2.24) is 5.32 Å². The standard InChI is InChI=1S/C13H16N2OS/c14-12(17)11-6-1-3-9(7-11)8-15-13(16)10-4-2-5-10/h1,3,6-7,10H,2,4-5,8H2,(H2,14,17)(H,15,16). The molecule has 1 aromatic carbocycles. The van der Waals surface area contributed by atoms with Crippen LogP contribution in [-0.2, 0) is 11.3 Å². The monoisotopic (exact) mass is 248 g/mol. The zero-order valence-corrected chi connectivity index (χ0v) is 10.4. The van der Waals surface area contributed by atoms with Crippen LogP contribution in [0.5, 0.6) is 0 Å². The fourth-order valence-corrected chi connectivity index (χ4v) is 1.97. The quantitative estimate of drug-likeness (QED) is 0.798. The van der Waals surface area contributed by atoms with Crippen molar-refractivity contribution >= 4 is 23.1 Å². The Morgan fingerprint density at radius 2 is 2.24 bits per heavy atom. The molecule has 2 rings (SSSR count). The van der Waals surface area contributed by atoms with E-state index in [4.69, 9.17) is 18.0 Å². The summed E-state index contributed by atoms with van der Waals surface area (Å²) in [5.74, 6) is 0.394. The summed E-state index contributed by atoms with van der Waals surface area (Å²) < 4.78 is 0. The van der Waals surface area contributed by atoms with Crippen LogP contribution in [-0.4, -0.2) is 10.9 Å². The summed E-state index contributed by atoms with van der Waals surface area (Å²) in [7, 11) is 0. The molecule has 0 spiro atoms. The molecule has 1 saturated carbocycles. The first-order valence-electron chi connectivity index (χ1n) is 5.83. The number of carbonyl (C=O) groups excluding carboxylic acids is 1. The van der Waals surface area contributed by atoms with Crippen LogP contribution in [0.2, 0.25) is 0 Å². The first-order chi connectivity index (χ1) is 8.16. The van der Waals surface area contributed by atoms with Gasteiger partial charge in [-0.2, -0.15) is 0 Å². The van der Waals surface area contributed by atoms with Crippen LogP contribution < -0.4 is 11.1 Å². The van der Waals surface area contributed by atoms with Gasteiger partial charge in [-0.15, -0.1) is 0 Å². The van der Waals surface area contributed by atoms with Gasteiger partial charge in [0, 0.05) is 18.0 Å². The number of nitrogens with one attached hydrogen (secondary N) is 1. The fourth-order valence-electron chi connectivity index (χ4n) is 1.84. The van der Waals surface area contributed by atoms with Gasteiger partial charge < -0.3 is 11.1 Å². The van der Waals surface area contributed by atoms with Gasteiger partial charge in [0.2, 0.25) is 5.91 Å². The highest BCUT2D eigenvalue weighted by molar-refractivity contribution is 7.80. The maximum atomic E-state index is 11.7. The molecule has 4 heteroatoms. The van der Waals surface area contributed by atoms with Gasteiger partial charge in [0.15, 0.2) is 0 Å². The number of hydrogen-bond donors (Lipinski definition) is 2. The van der Waals surface area contributed by atoms with Crippen molar-refractivity contribution in [2.24, 2.45) is 11.7 Å². The molecule has 3 nitrogen and oxygen atoms in total. The predicted octanol–water partition coefficient (Wildman–Crippen LogP) is 1.74. The van der Waals surface area contributed by atoms with E-state index in [9.17, 15) is 4.79 Å². The molecule has 0 aromatic heterocycles. The first kappa shape index (κ1) is 12.0. The van der Waals surface area contributed by atoms with Crippen LogP contribution in [0.25, 0.3) is 0 Å². The van der Waals surface area contributed by atoms with E-state index in [1.807, 2.05) is 24.3 Å². The summed E-state index contributed by atoms with van der Waals surface area (Å²) in [5.41, 5.74) is 7.44. The molecule has 1 aliphatic rings. The molecule has 0 bridgehead atoms. The smallest absolute Gasteiger partial charge is 0.223 e. The number of nitrogens with two attached hydrogens (primary N) is 1. The lowest BCUT2D eigenvalue weighted by atomic mass is 9.85. The molecule has 0 unspecified atom stereocenters. The summed E-state index contributed by atoms with van der Waals surface area (Å²) >= 11 is 4.92. The van der Waals surface area contributed by atoms with Crippen molar-refractivity contribution in [3.8, 4) is 0 Å². The van der Waals surface area contributed by atoms with Gasteiger partial charge in [-0.05, 0) is 24.5 Å². The molecular weight excluding hydrogens is 232 g/mol. The second-order valence-corrected chi connectivity index (χ2v) is 4.85. The minimum Gasteiger partial charge on any atom is -0.389 e. The zero-order valence-electron chi connectivity index (χ0n) is 9.61. The summed E-state index contributed by atoms with van der Waals surface area (Å²) in [6, 6.07) is 7.66. The number of carbonyl (C=O) groups is 1. The van der Waals surface area contributed by atoms with Gasteiger partial charge in [0.1, 0.15) is 4.99 Å².